The minimum atomic E-state index is -0.662. The Morgan fingerprint density at radius 1 is 1.64 bits per heavy atom. The lowest BCUT2D eigenvalue weighted by Crippen LogP contribution is -2.34. The van der Waals surface area contributed by atoms with Gasteiger partial charge in [0.05, 0.1) is 5.60 Å². The molecule has 1 rings (SSSR count). The van der Waals surface area contributed by atoms with Crippen molar-refractivity contribution in [1.82, 2.24) is 4.90 Å². The third-order valence-corrected chi connectivity index (χ3v) is 3.02. The molecule has 14 heavy (non-hydrogen) atoms. The lowest BCUT2D eigenvalue weighted by Gasteiger charge is -2.20. The molecule has 0 bridgehead atoms. The number of carbonyl (C=O) groups is 1. The van der Waals surface area contributed by atoms with Crippen LogP contribution in [0.3, 0.4) is 0 Å². The molecule has 2 unspecified atom stereocenters. The van der Waals surface area contributed by atoms with Gasteiger partial charge in [-0.1, -0.05) is 20.3 Å². The minimum Gasteiger partial charge on any atom is -0.388 e. The van der Waals surface area contributed by atoms with Crippen molar-refractivity contribution in [2.75, 3.05) is 13.1 Å². The van der Waals surface area contributed by atoms with E-state index in [1.54, 1.807) is 11.8 Å². The number of amides is 1. The number of aliphatic hydroxyl groups is 1. The van der Waals surface area contributed by atoms with Gasteiger partial charge in [-0.2, -0.15) is 0 Å². The van der Waals surface area contributed by atoms with Gasteiger partial charge in [0.15, 0.2) is 0 Å². The molecule has 1 heterocycles. The summed E-state index contributed by atoms with van der Waals surface area (Å²) < 4.78 is 0. The quantitative estimate of drug-likeness (QED) is 0.746. The van der Waals surface area contributed by atoms with Crippen molar-refractivity contribution in [3.8, 4) is 0 Å². The fourth-order valence-corrected chi connectivity index (χ4v) is 1.73. The summed E-state index contributed by atoms with van der Waals surface area (Å²) in [7, 11) is 0. The Labute approximate surface area is 86.1 Å². The first-order valence-electron chi connectivity index (χ1n) is 5.45. The first-order valence-corrected chi connectivity index (χ1v) is 5.45. The zero-order valence-electron chi connectivity index (χ0n) is 9.42. The lowest BCUT2D eigenvalue weighted by molar-refractivity contribution is -0.131. The van der Waals surface area contributed by atoms with Gasteiger partial charge in [0.25, 0.3) is 0 Å². The number of rotatable bonds is 3. The molecular weight excluding hydrogens is 178 g/mol. The van der Waals surface area contributed by atoms with Gasteiger partial charge in [-0.15, -0.1) is 0 Å². The zero-order chi connectivity index (χ0) is 10.8. The van der Waals surface area contributed by atoms with E-state index in [9.17, 15) is 9.90 Å². The zero-order valence-corrected chi connectivity index (χ0v) is 9.42. The Kier molecular flexibility index (Phi) is 3.53. The van der Waals surface area contributed by atoms with Crippen LogP contribution in [0.25, 0.3) is 0 Å². The van der Waals surface area contributed by atoms with Crippen molar-refractivity contribution in [2.24, 2.45) is 5.92 Å². The van der Waals surface area contributed by atoms with Gasteiger partial charge in [0, 0.05) is 19.5 Å². The fraction of sp³-hybridized carbons (Fsp3) is 0.909. The second kappa shape index (κ2) is 4.30. The monoisotopic (exact) mass is 199 g/mol. The summed E-state index contributed by atoms with van der Waals surface area (Å²) in [6, 6.07) is 0. The number of nitrogens with zero attached hydrogens (tertiary/aromatic N) is 1. The third-order valence-electron chi connectivity index (χ3n) is 3.02. The van der Waals surface area contributed by atoms with E-state index in [1.165, 1.54) is 0 Å². The Morgan fingerprint density at radius 2 is 2.29 bits per heavy atom. The highest BCUT2D eigenvalue weighted by atomic mass is 16.3. The summed E-state index contributed by atoms with van der Waals surface area (Å²) >= 11 is 0. The molecule has 3 heteroatoms. The second-order valence-electron chi connectivity index (χ2n) is 4.78. The Balaban J connectivity index is 2.40. The molecule has 82 valence electrons. The summed E-state index contributed by atoms with van der Waals surface area (Å²) in [5.74, 6) is 0.644. The van der Waals surface area contributed by atoms with Crippen molar-refractivity contribution in [3.05, 3.63) is 0 Å². The maximum Gasteiger partial charge on any atom is 0.222 e. The average molecular weight is 199 g/mol. The molecule has 1 N–H and O–H groups in total. The van der Waals surface area contributed by atoms with E-state index in [-0.39, 0.29) is 5.91 Å². The van der Waals surface area contributed by atoms with Crippen LogP contribution in [0.15, 0.2) is 0 Å². The van der Waals surface area contributed by atoms with Crippen molar-refractivity contribution in [3.63, 3.8) is 0 Å². The molecule has 3 nitrogen and oxygen atoms in total. The van der Waals surface area contributed by atoms with Crippen LogP contribution < -0.4 is 0 Å². The topological polar surface area (TPSA) is 40.5 Å². The Hall–Kier alpha value is -0.570. The first kappa shape index (κ1) is 11.5. The standard InChI is InChI=1S/C11H21NO2/c1-4-9(2)7-10(13)12-6-5-11(3,14)8-12/h9,14H,4-8H2,1-3H3. The van der Waals surface area contributed by atoms with Crippen LogP contribution in [0.1, 0.15) is 40.0 Å². The van der Waals surface area contributed by atoms with Crippen LogP contribution in [-0.2, 0) is 4.79 Å². The number of likely N-dealkylation sites (tertiary alicyclic amines) is 1. The van der Waals surface area contributed by atoms with E-state index in [2.05, 4.69) is 13.8 Å². The summed E-state index contributed by atoms with van der Waals surface area (Å²) in [5, 5.41) is 9.71. The highest BCUT2D eigenvalue weighted by Gasteiger charge is 2.33. The van der Waals surface area contributed by atoms with Gasteiger partial charge in [-0.3, -0.25) is 4.79 Å². The Morgan fingerprint density at radius 3 is 2.71 bits per heavy atom. The van der Waals surface area contributed by atoms with E-state index in [4.69, 9.17) is 0 Å². The van der Waals surface area contributed by atoms with Crippen LogP contribution in [0.5, 0.6) is 0 Å². The van der Waals surface area contributed by atoms with Gasteiger partial charge >= 0.3 is 0 Å². The molecule has 0 aliphatic carbocycles. The minimum absolute atomic E-state index is 0.192. The number of β-amino-alcohol motifs (C(OH)–C–C–N with tert-alkyl or cyclic N) is 1. The average Bonchev–Trinajstić information content (AvgIpc) is 2.46. The van der Waals surface area contributed by atoms with E-state index in [0.717, 1.165) is 6.42 Å². The predicted octanol–water partition coefficient (Wildman–Crippen LogP) is 1.41. The molecule has 0 aromatic rings. The molecule has 0 spiro atoms. The van der Waals surface area contributed by atoms with Gasteiger partial charge in [-0.05, 0) is 19.3 Å². The molecule has 0 aromatic heterocycles. The third kappa shape index (κ3) is 2.98. The summed E-state index contributed by atoms with van der Waals surface area (Å²) in [4.78, 5) is 13.5. The molecular formula is C11H21NO2. The molecule has 2 atom stereocenters. The fourth-order valence-electron chi connectivity index (χ4n) is 1.73. The Bertz CT molecular complexity index is 213. The SMILES string of the molecule is CCC(C)CC(=O)N1CCC(C)(O)C1. The van der Waals surface area contributed by atoms with Crippen molar-refractivity contribution < 1.29 is 9.90 Å². The summed E-state index contributed by atoms with van der Waals surface area (Å²) in [6.07, 6.45) is 2.36. The largest absolute Gasteiger partial charge is 0.388 e. The van der Waals surface area contributed by atoms with Crippen LogP contribution >= 0.6 is 0 Å². The highest BCUT2D eigenvalue weighted by molar-refractivity contribution is 5.76. The number of hydrogen-bond acceptors (Lipinski definition) is 2. The smallest absolute Gasteiger partial charge is 0.222 e. The molecule has 1 fully saturated rings. The maximum absolute atomic E-state index is 11.7. The van der Waals surface area contributed by atoms with Gasteiger partial charge in [0.1, 0.15) is 0 Å². The lowest BCUT2D eigenvalue weighted by atomic mass is 10.0. The van der Waals surface area contributed by atoms with Gasteiger partial charge < -0.3 is 10.0 Å². The second-order valence-corrected chi connectivity index (χ2v) is 4.78. The summed E-state index contributed by atoms with van der Waals surface area (Å²) in [6.45, 7) is 7.19. The molecule has 0 aromatic carbocycles. The molecule has 1 aliphatic rings. The van der Waals surface area contributed by atoms with Crippen LogP contribution in [-0.4, -0.2) is 34.6 Å². The van der Waals surface area contributed by atoms with Gasteiger partial charge in [-0.25, -0.2) is 0 Å². The number of hydrogen-bond donors (Lipinski definition) is 1. The van der Waals surface area contributed by atoms with E-state index in [0.29, 0.717) is 31.8 Å². The molecule has 1 aliphatic heterocycles. The maximum atomic E-state index is 11.7. The van der Waals surface area contributed by atoms with Crippen molar-refractivity contribution >= 4 is 5.91 Å². The van der Waals surface area contributed by atoms with Crippen molar-refractivity contribution in [2.45, 2.75) is 45.6 Å². The van der Waals surface area contributed by atoms with Gasteiger partial charge in [0.2, 0.25) is 5.91 Å². The molecule has 0 saturated carbocycles. The first-order chi connectivity index (χ1) is 6.44. The van der Waals surface area contributed by atoms with E-state index < -0.39 is 5.60 Å². The van der Waals surface area contributed by atoms with Crippen LogP contribution in [0.2, 0.25) is 0 Å². The van der Waals surface area contributed by atoms with Crippen LogP contribution in [0, 0.1) is 5.92 Å². The molecule has 0 radical (unpaired) electrons. The van der Waals surface area contributed by atoms with E-state index >= 15 is 0 Å². The predicted molar refractivity (Wildman–Crippen MR) is 55.9 cm³/mol. The summed E-state index contributed by atoms with van der Waals surface area (Å²) in [5.41, 5.74) is -0.662. The number of carbonyl (C=O) groups excluding carboxylic acids is 1. The highest BCUT2D eigenvalue weighted by Crippen LogP contribution is 2.22. The van der Waals surface area contributed by atoms with E-state index in [1.807, 2.05) is 0 Å². The molecule has 1 saturated heterocycles. The van der Waals surface area contributed by atoms with Crippen LogP contribution in [0.4, 0.5) is 0 Å². The molecule has 1 amide bonds. The normalized spacial score (nSPS) is 29.3. The van der Waals surface area contributed by atoms with Crippen molar-refractivity contribution in [1.29, 1.82) is 0 Å².